The molecule has 0 aliphatic carbocycles. The van der Waals surface area contributed by atoms with Crippen LogP contribution in [-0.4, -0.2) is 18.9 Å². The van der Waals surface area contributed by atoms with E-state index in [0.29, 0.717) is 19.3 Å². The zero-order valence-corrected chi connectivity index (χ0v) is 7.00. The molecular weight excluding hydrogens is 158 g/mol. The van der Waals surface area contributed by atoms with Gasteiger partial charge >= 0.3 is 5.97 Å². The quantitative estimate of drug-likeness (QED) is 0.347. The summed E-state index contributed by atoms with van der Waals surface area (Å²) in [5.41, 5.74) is 0. The fraction of sp³-hybridized carbons (Fsp3) is 0.625. The smallest absolute Gasteiger partial charge is 0.305 e. The van der Waals surface area contributed by atoms with Crippen LogP contribution in [0.2, 0.25) is 0 Å². The molecular formula is C8H11NO3. The molecule has 0 fully saturated rings. The molecule has 0 rings (SSSR count). The van der Waals surface area contributed by atoms with Crippen molar-refractivity contribution < 1.29 is 14.3 Å². The molecule has 12 heavy (non-hydrogen) atoms. The zero-order valence-electron chi connectivity index (χ0n) is 7.00. The number of ether oxygens (including phenoxy) is 1. The fourth-order valence-corrected chi connectivity index (χ4v) is 0.713. The fourth-order valence-electron chi connectivity index (χ4n) is 0.713. The Hall–Kier alpha value is -1.37. The van der Waals surface area contributed by atoms with Gasteiger partial charge in [0.2, 0.25) is 5.78 Å². The topological polar surface area (TPSA) is 67.2 Å². The number of esters is 1. The zero-order chi connectivity index (χ0) is 9.40. The average molecular weight is 169 g/mol. The molecule has 4 nitrogen and oxygen atoms in total. The molecule has 0 aliphatic heterocycles. The molecule has 0 spiro atoms. The van der Waals surface area contributed by atoms with Gasteiger partial charge in [-0.15, -0.1) is 0 Å². The van der Waals surface area contributed by atoms with Gasteiger partial charge in [-0.1, -0.05) is 0 Å². The highest BCUT2D eigenvalue weighted by molar-refractivity contribution is 5.93. The van der Waals surface area contributed by atoms with E-state index in [2.05, 4.69) is 4.74 Å². The number of hydrogen-bond acceptors (Lipinski definition) is 4. The van der Waals surface area contributed by atoms with Crippen molar-refractivity contribution in [3.05, 3.63) is 0 Å². The maximum Gasteiger partial charge on any atom is 0.305 e. The van der Waals surface area contributed by atoms with Crippen LogP contribution >= 0.6 is 0 Å². The number of methoxy groups -OCH3 is 1. The summed E-state index contributed by atoms with van der Waals surface area (Å²) in [7, 11) is 1.32. The van der Waals surface area contributed by atoms with E-state index in [4.69, 9.17) is 5.26 Å². The maximum absolute atomic E-state index is 10.6. The molecule has 4 heteroatoms. The van der Waals surface area contributed by atoms with Gasteiger partial charge in [0, 0.05) is 12.8 Å². The van der Waals surface area contributed by atoms with Crippen molar-refractivity contribution in [2.24, 2.45) is 0 Å². The number of nitriles is 1. The third-order valence-electron chi connectivity index (χ3n) is 1.39. The number of Topliss-reactive ketones (excluding diaryl/α,β-unsaturated/α-hetero) is 1. The SMILES string of the molecule is COC(=O)CCCCC(=O)C#N. The minimum absolute atomic E-state index is 0.230. The minimum atomic E-state index is -0.431. The summed E-state index contributed by atoms with van der Waals surface area (Å²) in [6.07, 6.45) is 1.71. The Morgan fingerprint density at radius 3 is 2.42 bits per heavy atom. The molecule has 0 aromatic heterocycles. The van der Waals surface area contributed by atoms with Gasteiger partial charge in [-0.05, 0) is 12.8 Å². The normalized spacial score (nSPS) is 8.67. The second-order valence-corrected chi connectivity index (χ2v) is 2.32. The first-order chi connectivity index (χ1) is 5.70. The third-order valence-corrected chi connectivity index (χ3v) is 1.39. The van der Waals surface area contributed by atoms with E-state index in [9.17, 15) is 9.59 Å². The predicted octanol–water partition coefficient (Wildman–Crippen LogP) is 0.812. The molecule has 0 aliphatic rings. The summed E-state index contributed by atoms with van der Waals surface area (Å²) < 4.78 is 4.39. The first-order valence-corrected chi connectivity index (χ1v) is 3.70. The predicted molar refractivity (Wildman–Crippen MR) is 41.1 cm³/mol. The number of nitrogens with zero attached hydrogens (tertiary/aromatic N) is 1. The van der Waals surface area contributed by atoms with Gasteiger partial charge in [-0.3, -0.25) is 9.59 Å². The highest BCUT2D eigenvalue weighted by Gasteiger charge is 2.02. The van der Waals surface area contributed by atoms with Gasteiger partial charge in [0.1, 0.15) is 6.07 Å². The molecule has 0 radical (unpaired) electrons. The van der Waals surface area contributed by atoms with Gasteiger partial charge in [0.05, 0.1) is 7.11 Å². The van der Waals surface area contributed by atoms with Crippen molar-refractivity contribution in [2.75, 3.05) is 7.11 Å². The van der Waals surface area contributed by atoms with E-state index in [-0.39, 0.29) is 12.4 Å². The summed E-state index contributed by atoms with van der Waals surface area (Å²) in [5.74, 6) is -0.709. The largest absolute Gasteiger partial charge is 0.469 e. The maximum atomic E-state index is 10.6. The molecule has 0 aromatic carbocycles. The van der Waals surface area contributed by atoms with Crippen LogP contribution in [-0.2, 0) is 14.3 Å². The Morgan fingerprint density at radius 2 is 1.92 bits per heavy atom. The lowest BCUT2D eigenvalue weighted by atomic mass is 10.1. The van der Waals surface area contributed by atoms with Gasteiger partial charge in [-0.25, -0.2) is 0 Å². The Bertz CT molecular complexity index is 205. The second kappa shape index (κ2) is 6.35. The lowest BCUT2D eigenvalue weighted by Crippen LogP contribution is -2.00. The van der Waals surface area contributed by atoms with Crippen molar-refractivity contribution in [1.82, 2.24) is 0 Å². The first-order valence-electron chi connectivity index (χ1n) is 3.70. The van der Waals surface area contributed by atoms with Crippen LogP contribution in [0.4, 0.5) is 0 Å². The van der Waals surface area contributed by atoms with Gasteiger partial charge in [-0.2, -0.15) is 5.26 Å². The number of carbonyl (C=O) groups is 2. The molecule has 66 valence electrons. The van der Waals surface area contributed by atoms with Crippen molar-refractivity contribution in [2.45, 2.75) is 25.7 Å². The molecule has 0 atom stereocenters. The van der Waals surface area contributed by atoms with E-state index in [1.807, 2.05) is 0 Å². The molecule has 0 heterocycles. The van der Waals surface area contributed by atoms with Crippen molar-refractivity contribution in [3.63, 3.8) is 0 Å². The lowest BCUT2D eigenvalue weighted by Gasteiger charge is -1.96. The summed E-state index contributed by atoms with van der Waals surface area (Å²) in [6.45, 7) is 0. The molecule has 0 amide bonds. The van der Waals surface area contributed by atoms with Crippen molar-refractivity contribution in [1.29, 1.82) is 5.26 Å². The van der Waals surface area contributed by atoms with Crippen LogP contribution in [0.15, 0.2) is 0 Å². The van der Waals surface area contributed by atoms with E-state index < -0.39 is 5.78 Å². The number of carbonyl (C=O) groups excluding carboxylic acids is 2. The van der Waals surface area contributed by atoms with Crippen LogP contribution in [0.1, 0.15) is 25.7 Å². The van der Waals surface area contributed by atoms with Crippen molar-refractivity contribution >= 4 is 11.8 Å². The van der Waals surface area contributed by atoms with Crippen LogP contribution < -0.4 is 0 Å². The third kappa shape index (κ3) is 5.42. The standard InChI is InChI=1S/C8H11NO3/c1-12-8(11)5-3-2-4-7(10)6-9/h2-5H2,1H3. The minimum Gasteiger partial charge on any atom is -0.469 e. The number of ketones is 1. The second-order valence-electron chi connectivity index (χ2n) is 2.32. The number of unbranched alkanes of at least 4 members (excludes halogenated alkanes) is 1. The van der Waals surface area contributed by atoms with Gasteiger partial charge < -0.3 is 4.74 Å². The van der Waals surface area contributed by atoms with Gasteiger partial charge in [0.15, 0.2) is 0 Å². The molecule has 0 bridgehead atoms. The molecule has 0 aromatic rings. The summed E-state index contributed by atoms with van der Waals surface area (Å²) >= 11 is 0. The Kier molecular flexibility index (Phi) is 5.62. The highest BCUT2D eigenvalue weighted by Crippen LogP contribution is 2.00. The van der Waals surface area contributed by atoms with E-state index in [1.54, 1.807) is 0 Å². The summed E-state index contributed by atoms with van der Waals surface area (Å²) in [4.78, 5) is 21.0. The highest BCUT2D eigenvalue weighted by atomic mass is 16.5. The van der Waals surface area contributed by atoms with Crippen molar-refractivity contribution in [3.8, 4) is 6.07 Å². The Balaban J connectivity index is 3.29. The summed E-state index contributed by atoms with van der Waals surface area (Å²) in [6, 6.07) is 1.51. The van der Waals surface area contributed by atoms with Crippen LogP contribution in [0.5, 0.6) is 0 Å². The monoisotopic (exact) mass is 169 g/mol. The van der Waals surface area contributed by atoms with Crippen LogP contribution in [0, 0.1) is 11.3 Å². The summed E-state index contributed by atoms with van der Waals surface area (Å²) in [5, 5.41) is 8.10. The Morgan fingerprint density at radius 1 is 1.33 bits per heavy atom. The molecule has 0 saturated heterocycles. The van der Waals surface area contributed by atoms with Crippen LogP contribution in [0.25, 0.3) is 0 Å². The van der Waals surface area contributed by atoms with Gasteiger partial charge in [0.25, 0.3) is 0 Å². The molecule has 0 saturated carbocycles. The van der Waals surface area contributed by atoms with E-state index in [0.717, 1.165) is 0 Å². The first kappa shape index (κ1) is 10.6. The van der Waals surface area contributed by atoms with Crippen LogP contribution in [0.3, 0.4) is 0 Å². The molecule has 0 unspecified atom stereocenters. The number of rotatable bonds is 5. The number of hydrogen-bond donors (Lipinski definition) is 0. The average Bonchev–Trinajstić information content (AvgIpc) is 2.11. The lowest BCUT2D eigenvalue weighted by molar-refractivity contribution is -0.140. The Labute approximate surface area is 71.1 Å². The van der Waals surface area contributed by atoms with E-state index in [1.165, 1.54) is 13.2 Å². The molecule has 0 N–H and O–H groups in total. The van der Waals surface area contributed by atoms with E-state index >= 15 is 0 Å².